The Morgan fingerprint density at radius 3 is 2.88 bits per heavy atom. The zero-order valence-corrected chi connectivity index (χ0v) is 10.3. The molecule has 2 N–H and O–H groups in total. The van der Waals surface area contributed by atoms with Gasteiger partial charge < -0.3 is 15.0 Å². The lowest BCUT2D eigenvalue weighted by molar-refractivity contribution is 0.0634. The number of aromatic nitrogens is 1. The van der Waals surface area contributed by atoms with Crippen LogP contribution >= 0.6 is 0 Å². The van der Waals surface area contributed by atoms with E-state index in [1.807, 2.05) is 22.9 Å². The number of rotatable bonds is 5. The van der Waals surface area contributed by atoms with E-state index in [1.54, 1.807) is 0 Å². The van der Waals surface area contributed by atoms with E-state index in [-0.39, 0.29) is 18.1 Å². The fourth-order valence-corrected chi connectivity index (χ4v) is 2.29. The lowest BCUT2D eigenvalue weighted by Crippen LogP contribution is -2.56. The minimum atomic E-state index is -0.363. The maximum atomic E-state index is 12.1. The second-order valence-corrected chi connectivity index (χ2v) is 4.83. The van der Waals surface area contributed by atoms with Crippen LogP contribution < -0.4 is 5.32 Å². The van der Waals surface area contributed by atoms with Gasteiger partial charge in [-0.25, -0.2) is 0 Å². The molecule has 0 bridgehead atoms. The maximum absolute atomic E-state index is 12.1. The Morgan fingerprint density at radius 2 is 2.35 bits per heavy atom. The highest BCUT2D eigenvalue weighted by molar-refractivity contribution is 5.93. The Bertz CT molecular complexity index is 388. The van der Waals surface area contributed by atoms with Gasteiger partial charge in [0, 0.05) is 12.7 Å². The normalized spacial score (nSPS) is 17.5. The summed E-state index contributed by atoms with van der Waals surface area (Å²) in [6.07, 6.45) is 5.76. The van der Waals surface area contributed by atoms with Gasteiger partial charge in [0.2, 0.25) is 0 Å². The fourth-order valence-electron chi connectivity index (χ4n) is 2.29. The molecule has 1 aliphatic rings. The standard InChI is InChI=1S/C13H20N2O2/c1-2-8-15-9-3-5-11(15)12(17)14-13(10-16)6-4-7-13/h3,5,9,16H,2,4,6-8,10H2,1H3,(H,14,17). The second-order valence-electron chi connectivity index (χ2n) is 4.83. The van der Waals surface area contributed by atoms with Crippen LogP contribution in [0.5, 0.6) is 0 Å². The number of aryl methyl sites for hydroxylation is 1. The van der Waals surface area contributed by atoms with Gasteiger partial charge in [-0.1, -0.05) is 6.92 Å². The molecule has 0 aliphatic heterocycles. The Balaban J connectivity index is 2.06. The molecular formula is C13H20N2O2. The lowest BCUT2D eigenvalue weighted by Gasteiger charge is -2.40. The first-order valence-electron chi connectivity index (χ1n) is 6.29. The Labute approximate surface area is 102 Å². The van der Waals surface area contributed by atoms with Gasteiger partial charge in [-0.05, 0) is 37.8 Å². The van der Waals surface area contributed by atoms with Crippen molar-refractivity contribution in [3.8, 4) is 0 Å². The van der Waals surface area contributed by atoms with Crippen molar-refractivity contribution in [3.63, 3.8) is 0 Å². The monoisotopic (exact) mass is 236 g/mol. The number of carbonyl (C=O) groups is 1. The first-order valence-corrected chi connectivity index (χ1v) is 6.29. The maximum Gasteiger partial charge on any atom is 0.268 e. The van der Waals surface area contributed by atoms with Crippen LogP contribution in [0, 0.1) is 0 Å². The van der Waals surface area contributed by atoms with Gasteiger partial charge in [-0.3, -0.25) is 4.79 Å². The average Bonchev–Trinajstić information content (AvgIpc) is 2.72. The van der Waals surface area contributed by atoms with Crippen LogP contribution in [0.2, 0.25) is 0 Å². The van der Waals surface area contributed by atoms with E-state index in [0.29, 0.717) is 5.69 Å². The third-order valence-corrected chi connectivity index (χ3v) is 3.52. The van der Waals surface area contributed by atoms with Crippen molar-refractivity contribution in [1.82, 2.24) is 9.88 Å². The van der Waals surface area contributed by atoms with E-state index in [2.05, 4.69) is 12.2 Å². The largest absolute Gasteiger partial charge is 0.394 e. The van der Waals surface area contributed by atoms with Gasteiger partial charge in [-0.15, -0.1) is 0 Å². The first kappa shape index (κ1) is 12.2. The quantitative estimate of drug-likeness (QED) is 0.815. The number of nitrogens with zero attached hydrogens (tertiary/aromatic N) is 1. The van der Waals surface area contributed by atoms with E-state index in [9.17, 15) is 9.90 Å². The van der Waals surface area contributed by atoms with Gasteiger partial charge in [0.25, 0.3) is 5.91 Å². The number of nitrogens with one attached hydrogen (secondary N) is 1. The first-order chi connectivity index (χ1) is 8.21. The molecule has 94 valence electrons. The number of hydrogen-bond donors (Lipinski definition) is 2. The van der Waals surface area contributed by atoms with E-state index in [1.165, 1.54) is 0 Å². The highest BCUT2D eigenvalue weighted by Crippen LogP contribution is 2.31. The molecule has 1 heterocycles. The second kappa shape index (κ2) is 4.92. The summed E-state index contributed by atoms with van der Waals surface area (Å²) in [6.45, 7) is 2.97. The molecule has 2 rings (SSSR count). The van der Waals surface area contributed by atoms with Crippen molar-refractivity contribution in [2.75, 3.05) is 6.61 Å². The van der Waals surface area contributed by atoms with Crippen LogP contribution in [0.25, 0.3) is 0 Å². The number of aliphatic hydroxyl groups is 1. The highest BCUT2D eigenvalue weighted by Gasteiger charge is 2.38. The van der Waals surface area contributed by atoms with Gasteiger partial charge in [0.05, 0.1) is 12.1 Å². The predicted octanol–water partition coefficient (Wildman–Crippen LogP) is 1.54. The topological polar surface area (TPSA) is 54.3 Å². The molecule has 1 aromatic rings. The summed E-state index contributed by atoms with van der Waals surface area (Å²) in [6, 6.07) is 3.71. The zero-order valence-electron chi connectivity index (χ0n) is 10.3. The van der Waals surface area contributed by atoms with Crippen molar-refractivity contribution >= 4 is 5.91 Å². The molecule has 0 saturated heterocycles. The molecular weight excluding hydrogens is 216 g/mol. The Morgan fingerprint density at radius 1 is 1.59 bits per heavy atom. The number of amides is 1. The van der Waals surface area contributed by atoms with Crippen LogP contribution in [0.3, 0.4) is 0 Å². The third-order valence-electron chi connectivity index (χ3n) is 3.52. The van der Waals surface area contributed by atoms with Crippen LogP contribution in [0.4, 0.5) is 0 Å². The third kappa shape index (κ3) is 2.36. The summed E-state index contributed by atoms with van der Waals surface area (Å²) in [5, 5.41) is 12.3. The van der Waals surface area contributed by atoms with Crippen LogP contribution in [-0.2, 0) is 6.54 Å². The summed E-state index contributed by atoms with van der Waals surface area (Å²) in [5.74, 6) is -0.0720. The summed E-state index contributed by atoms with van der Waals surface area (Å²) in [4.78, 5) is 12.1. The summed E-state index contributed by atoms with van der Waals surface area (Å²) in [7, 11) is 0. The molecule has 1 aromatic heterocycles. The van der Waals surface area contributed by atoms with E-state index >= 15 is 0 Å². The molecule has 1 aliphatic carbocycles. The van der Waals surface area contributed by atoms with Crippen LogP contribution in [0.15, 0.2) is 18.3 Å². The number of hydrogen-bond acceptors (Lipinski definition) is 2. The SMILES string of the molecule is CCCn1cccc1C(=O)NC1(CO)CCC1. The Kier molecular flexibility index (Phi) is 3.52. The zero-order chi connectivity index (χ0) is 12.3. The van der Waals surface area contributed by atoms with E-state index in [0.717, 1.165) is 32.2 Å². The number of carbonyl (C=O) groups excluding carboxylic acids is 1. The summed E-state index contributed by atoms with van der Waals surface area (Å²) in [5.41, 5.74) is 0.324. The molecule has 4 heteroatoms. The molecule has 0 unspecified atom stereocenters. The van der Waals surface area contributed by atoms with Crippen molar-refractivity contribution in [3.05, 3.63) is 24.0 Å². The highest BCUT2D eigenvalue weighted by atomic mass is 16.3. The van der Waals surface area contributed by atoms with Gasteiger partial charge >= 0.3 is 0 Å². The Hall–Kier alpha value is -1.29. The number of aliphatic hydroxyl groups excluding tert-OH is 1. The van der Waals surface area contributed by atoms with Gasteiger partial charge in [0.1, 0.15) is 5.69 Å². The predicted molar refractivity (Wildman–Crippen MR) is 65.9 cm³/mol. The minimum Gasteiger partial charge on any atom is -0.394 e. The molecule has 4 nitrogen and oxygen atoms in total. The fraction of sp³-hybridized carbons (Fsp3) is 0.615. The molecule has 1 fully saturated rings. The van der Waals surface area contributed by atoms with Crippen molar-refractivity contribution in [2.24, 2.45) is 0 Å². The molecule has 1 saturated carbocycles. The molecule has 0 spiro atoms. The summed E-state index contributed by atoms with van der Waals surface area (Å²) < 4.78 is 1.96. The van der Waals surface area contributed by atoms with Crippen molar-refractivity contribution in [1.29, 1.82) is 0 Å². The van der Waals surface area contributed by atoms with Gasteiger partial charge in [-0.2, -0.15) is 0 Å². The molecule has 17 heavy (non-hydrogen) atoms. The molecule has 1 amide bonds. The molecule has 0 aromatic carbocycles. The molecule has 0 atom stereocenters. The van der Waals surface area contributed by atoms with Gasteiger partial charge in [0.15, 0.2) is 0 Å². The van der Waals surface area contributed by atoms with Crippen LogP contribution in [-0.4, -0.2) is 27.7 Å². The lowest BCUT2D eigenvalue weighted by atomic mass is 9.77. The van der Waals surface area contributed by atoms with Crippen LogP contribution in [0.1, 0.15) is 43.1 Å². The van der Waals surface area contributed by atoms with E-state index < -0.39 is 0 Å². The van der Waals surface area contributed by atoms with E-state index in [4.69, 9.17) is 0 Å². The smallest absolute Gasteiger partial charge is 0.268 e. The van der Waals surface area contributed by atoms with Crippen molar-refractivity contribution < 1.29 is 9.90 Å². The minimum absolute atomic E-state index is 0.0349. The van der Waals surface area contributed by atoms with Crippen molar-refractivity contribution in [2.45, 2.75) is 44.7 Å². The molecule has 0 radical (unpaired) electrons. The average molecular weight is 236 g/mol. The summed E-state index contributed by atoms with van der Waals surface area (Å²) >= 11 is 0.